The number of fused-ring (bicyclic) bond motifs is 1. The molecular weight excluding hydrogens is 310 g/mol. The third kappa shape index (κ3) is 2.55. The first kappa shape index (κ1) is 17.7. The molecule has 1 N–H and O–H groups in total. The van der Waals surface area contributed by atoms with Gasteiger partial charge in [0.25, 0.3) is 17.7 Å². The Labute approximate surface area is 140 Å². The number of hydrogen-bond donors (Lipinski definition) is 1. The van der Waals surface area contributed by atoms with Gasteiger partial charge in [-0.05, 0) is 18.6 Å². The van der Waals surface area contributed by atoms with E-state index in [-0.39, 0.29) is 29.9 Å². The van der Waals surface area contributed by atoms with E-state index in [1.54, 1.807) is 25.2 Å². The van der Waals surface area contributed by atoms with Gasteiger partial charge in [0.2, 0.25) is 5.91 Å². The minimum absolute atomic E-state index is 0.138. The van der Waals surface area contributed by atoms with Gasteiger partial charge in [-0.2, -0.15) is 0 Å². The van der Waals surface area contributed by atoms with Crippen molar-refractivity contribution in [3.8, 4) is 0 Å². The molecular formula is C17H21N3O4. The van der Waals surface area contributed by atoms with Crippen molar-refractivity contribution in [2.75, 3.05) is 19.4 Å². The van der Waals surface area contributed by atoms with E-state index in [1.165, 1.54) is 7.05 Å². The van der Waals surface area contributed by atoms with Crippen molar-refractivity contribution in [2.24, 2.45) is 0 Å². The number of carbonyl (C=O) groups is 4. The largest absolute Gasteiger partial charge is 0.387 e. The summed E-state index contributed by atoms with van der Waals surface area (Å²) in [5.74, 6) is -1.80. The van der Waals surface area contributed by atoms with Crippen LogP contribution in [0.4, 0.5) is 5.69 Å². The van der Waals surface area contributed by atoms with Crippen LogP contribution in [0.25, 0.3) is 0 Å². The van der Waals surface area contributed by atoms with E-state index in [0.29, 0.717) is 5.69 Å². The zero-order valence-corrected chi connectivity index (χ0v) is 14.3. The maximum Gasteiger partial charge on any atom is 0.264 e. The average molecular weight is 331 g/mol. The number of nitrogens with zero attached hydrogens (tertiary/aromatic N) is 2. The van der Waals surface area contributed by atoms with Crippen LogP contribution >= 0.6 is 0 Å². The number of anilines is 1. The Bertz CT molecular complexity index is 714. The standard InChI is InChI=1S/C15H15N3O4.C2H6/c1-16-9-5-3-4-8-12(9)15(22)18(13(8)20)10-6-7-11(19)17(2)14(10)21;1-2/h3-5,10,16H,6-7H2,1-2H3;1-2H3. The van der Waals surface area contributed by atoms with Gasteiger partial charge in [0.05, 0.1) is 11.1 Å². The molecule has 0 saturated carbocycles. The number of carbonyl (C=O) groups excluding carboxylic acids is 4. The molecule has 0 aliphatic carbocycles. The van der Waals surface area contributed by atoms with Crippen molar-refractivity contribution in [3.05, 3.63) is 29.3 Å². The monoisotopic (exact) mass is 331 g/mol. The van der Waals surface area contributed by atoms with Crippen LogP contribution in [-0.2, 0) is 9.59 Å². The van der Waals surface area contributed by atoms with Crippen molar-refractivity contribution in [1.82, 2.24) is 9.80 Å². The van der Waals surface area contributed by atoms with Gasteiger partial charge in [0.1, 0.15) is 6.04 Å². The molecule has 0 spiro atoms. The van der Waals surface area contributed by atoms with Crippen LogP contribution in [0.2, 0.25) is 0 Å². The Hall–Kier alpha value is -2.70. The van der Waals surface area contributed by atoms with Crippen LogP contribution in [0.3, 0.4) is 0 Å². The summed E-state index contributed by atoms with van der Waals surface area (Å²) in [6, 6.07) is 4.03. The zero-order valence-electron chi connectivity index (χ0n) is 14.3. The van der Waals surface area contributed by atoms with Crippen LogP contribution in [-0.4, -0.2) is 53.6 Å². The minimum Gasteiger partial charge on any atom is -0.387 e. The Morgan fingerprint density at radius 1 is 1.08 bits per heavy atom. The van der Waals surface area contributed by atoms with E-state index in [2.05, 4.69) is 5.32 Å². The fraction of sp³-hybridized carbons (Fsp3) is 0.412. The SMILES string of the molecule is CC.CNc1cccc2c1C(=O)N(C1CCC(=O)N(C)C1=O)C2=O. The van der Waals surface area contributed by atoms with E-state index >= 15 is 0 Å². The maximum absolute atomic E-state index is 12.6. The molecule has 1 saturated heterocycles. The topological polar surface area (TPSA) is 86.8 Å². The van der Waals surface area contributed by atoms with Gasteiger partial charge in [-0.3, -0.25) is 29.0 Å². The third-order valence-electron chi connectivity index (χ3n) is 4.15. The number of piperidine rings is 1. The second kappa shape index (κ2) is 6.82. The van der Waals surface area contributed by atoms with Gasteiger partial charge in [-0.15, -0.1) is 0 Å². The summed E-state index contributed by atoms with van der Waals surface area (Å²) in [6.07, 6.45) is 0.307. The van der Waals surface area contributed by atoms with Gasteiger partial charge in [0, 0.05) is 26.2 Å². The molecule has 2 heterocycles. The lowest BCUT2D eigenvalue weighted by Crippen LogP contribution is -2.54. The molecule has 0 radical (unpaired) electrons. The summed E-state index contributed by atoms with van der Waals surface area (Å²) in [5, 5.41) is 2.88. The van der Waals surface area contributed by atoms with Crippen LogP contribution in [0, 0.1) is 0 Å². The van der Waals surface area contributed by atoms with E-state index in [4.69, 9.17) is 0 Å². The van der Waals surface area contributed by atoms with Gasteiger partial charge in [-0.25, -0.2) is 0 Å². The summed E-state index contributed by atoms with van der Waals surface area (Å²) >= 11 is 0. The number of hydrogen-bond acceptors (Lipinski definition) is 5. The Morgan fingerprint density at radius 3 is 2.38 bits per heavy atom. The third-order valence-corrected chi connectivity index (χ3v) is 4.15. The predicted molar refractivity (Wildman–Crippen MR) is 88.6 cm³/mol. The van der Waals surface area contributed by atoms with Crippen molar-refractivity contribution < 1.29 is 19.2 Å². The summed E-state index contributed by atoms with van der Waals surface area (Å²) in [5.41, 5.74) is 1.11. The van der Waals surface area contributed by atoms with Crippen molar-refractivity contribution >= 4 is 29.3 Å². The van der Waals surface area contributed by atoms with Gasteiger partial charge >= 0.3 is 0 Å². The number of likely N-dealkylation sites (tertiary alicyclic amines) is 1. The number of amides is 4. The number of rotatable bonds is 2. The minimum atomic E-state index is -0.917. The molecule has 1 unspecified atom stereocenters. The first-order chi connectivity index (χ1) is 11.5. The van der Waals surface area contributed by atoms with E-state index < -0.39 is 23.8 Å². The molecule has 0 aromatic heterocycles. The predicted octanol–water partition coefficient (Wildman–Crippen LogP) is 1.50. The molecule has 1 fully saturated rings. The number of nitrogens with one attached hydrogen (secondary N) is 1. The van der Waals surface area contributed by atoms with E-state index in [0.717, 1.165) is 9.80 Å². The lowest BCUT2D eigenvalue weighted by molar-refractivity contribution is -0.149. The normalized spacial score (nSPS) is 19.9. The summed E-state index contributed by atoms with van der Waals surface area (Å²) < 4.78 is 0. The summed E-state index contributed by atoms with van der Waals surface area (Å²) in [4.78, 5) is 50.9. The molecule has 1 atom stereocenters. The Morgan fingerprint density at radius 2 is 1.75 bits per heavy atom. The smallest absolute Gasteiger partial charge is 0.264 e. The fourth-order valence-electron chi connectivity index (χ4n) is 2.93. The molecule has 2 aliphatic heterocycles. The van der Waals surface area contributed by atoms with E-state index in [9.17, 15) is 19.2 Å². The summed E-state index contributed by atoms with van der Waals surface area (Å²) in [7, 11) is 3.03. The van der Waals surface area contributed by atoms with Gasteiger partial charge in [-0.1, -0.05) is 19.9 Å². The number of imide groups is 2. The molecule has 24 heavy (non-hydrogen) atoms. The quantitative estimate of drug-likeness (QED) is 0.830. The van der Waals surface area contributed by atoms with E-state index in [1.807, 2.05) is 13.8 Å². The molecule has 7 nitrogen and oxygen atoms in total. The average Bonchev–Trinajstić information content (AvgIpc) is 2.86. The molecule has 2 aliphatic rings. The molecule has 128 valence electrons. The molecule has 3 rings (SSSR count). The van der Waals surface area contributed by atoms with Gasteiger partial charge in [0.15, 0.2) is 0 Å². The maximum atomic E-state index is 12.6. The van der Waals surface area contributed by atoms with Crippen LogP contribution in [0.1, 0.15) is 47.4 Å². The van der Waals surface area contributed by atoms with Crippen LogP contribution in [0.5, 0.6) is 0 Å². The zero-order chi connectivity index (χ0) is 18.0. The van der Waals surface area contributed by atoms with Crippen molar-refractivity contribution in [3.63, 3.8) is 0 Å². The lowest BCUT2D eigenvalue weighted by atomic mass is 10.0. The molecule has 1 aromatic rings. The fourth-order valence-corrected chi connectivity index (χ4v) is 2.93. The first-order valence-electron chi connectivity index (χ1n) is 7.96. The van der Waals surface area contributed by atoms with Crippen molar-refractivity contribution in [2.45, 2.75) is 32.7 Å². The van der Waals surface area contributed by atoms with Crippen LogP contribution < -0.4 is 5.32 Å². The van der Waals surface area contributed by atoms with Crippen molar-refractivity contribution in [1.29, 1.82) is 0 Å². The molecule has 0 bridgehead atoms. The highest BCUT2D eigenvalue weighted by Crippen LogP contribution is 2.32. The highest BCUT2D eigenvalue weighted by Gasteiger charge is 2.46. The Kier molecular flexibility index (Phi) is 5.02. The Balaban J connectivity index is 0.00000100. The molecule has 7 heteroatoms. The highest BCUT2D eigenvalue weighted by molar-refractivity contribution is 6.25. The first-order valence-corrected chi connectivity index (χ1v) is 7.96. The number of benzene rings is 1. The summed E-state index contributed by atoms with van der Waals surface area (Å²) in [6.45, 7) is 4.00. The van der Waals surface area contributed by atoms with Gasteiger partial charge < -0.3 is 5.32 Å². The number of likely N-dealkylation sites (N-methyl/N-ethyl adjacent to an activating group) is 1. The van der Waals surface area contributed by atoms with Crippen LogP contribution in [0.15, 0.2) is 18.2 Å². The molecule has 1 aromatic carbocycles. The highest BCUT2D eigenvalue weighted by atomic mass is 16.2. The lowest BCUT2D eigenvalue weighted by Gasteiger charge is -2.32. The second-order valence-corrected chi connectivity index (χ2v) is 5.30. The molecule has 4 amide bonds. The second-order valence-electron chi connectivity index (χ2n) is 5.30.